The summed E-state index contributed by atoms with van der Waals surface area (Å²) in [6, 6.07) is 13.8. The highest BCUT2D eigenvalue weighted by molar-refractivity contribution is 5.95. The Labute approximate surface area is 156 Å². The van der Waals surface area contributed by atoms with Crippen LogP contribution in [0.3, 0.4) is 0 Å². The Morgan fingerprint density at radius 2 is 1.67 bits per heavy atom. The zero-order chi connectivity index (χ0) is 19.2. The summed E-state index contributed by atoms with van der Waals surface area (Å²) in [6.45, 7) is 2.11. The number of carbonyl (C=O) groups excluding carboxylic acids is 2. The lowest BCUT2D eigenvalue weighted by Gasteiger charge is -2.07. The van der Waals surface area contributed by atoms with Gasteiger partial charge >= 0.3 is 0 Å². The normalized spacial score (nSPS) is 10.4. The lowest BCUT2D eigenvalue weighted by Crippen LogP contribution is -2.34. The smallest absolute Gasteiger partial charge is 0.254 e. The van der Waals surface area contributed by atoms with Crippen LogP contribution in [0.4, 0.5) is 4.39 Å². The van der Waals surface area contributed by atoms with Gasteiger partial charge in [-0.15, -0.1) is 0 Å². The number of nitrogens with zero attached hydrogens (tertiary/aromatic N) is 2. The van der Waals surface area contributed by atoms with Gasteiger partial charge in [-0.2, -0.15) is 5.10 Å². The van der Waals surface area contributed by atoms with Gasteiger partial charge in [0.15, 0.2) is 0 Å². The number of nitrogens with one attached hydrogen (secondary N) is 2. The van der Waals surface area contributed by atoms with Crippen LogP contribution in [-0.2, 0) is 0 Å². The number of rotatable bonds is 6. The van der Waals surface area contributed by atoms with E-state index in [0.717, 1.165) is 5.69 Å². The lowest BCUT2D eigenvalue weighted by atomic mass is 10.1. The second kappa shape index (κ2) is 8.27. The predicted molar refractivity (Wildman–Crippen MR) is 99.4 cm³/mol. The molecule has 138 valence electrons. The minimum atomic E-state index is -0.425. The van der Waals surface area contributed by atoms with Gasteiger partial charge in [-0.25, -0.2) is 9.07 Å². The molecule has 2 amide bonds. The summed E-state index contributed by atoms with van der Waals surface area (Å²) in [5, 5.41) is 9.52. The highest BCUT2D eigenvalue weighted by atomic mass is 19.1. The highest BCUT2D eigenvalue weighted by Crippen LogP contribution is 2.09. The van der Waals surface area contributed by atoms with Gasteiger partial charge in [-0.1, -0.05) is 24.3 Å². The van der Waals surface area contributed by atoms with Crippen LogP contribution in [-0.4, -0.2) is 34.7 Å². The van der Waals surface area contributed by atoms with Crippen LogP contribution in [0, 0.1) is 12.7 Å². The quantitative estimate of drug-likeness (QED) is 0.658. The summed E-state index contributed by atoms with van der Waals surface area (Å²) in [6.07, 6.45) is 3.12. The summed E-state index contributed by atoms with van der Waals surface area (Å²) in [7, 11) is 0. The number of hydrogen-bond acceptors (Lipinski definition) is 3. The van der Waals surface area contributed by atoms with Crippen LogP contribution in [0.5, 0.6) is 0 Å². The topological polar surface area (TPSA) is 76.0 Å². The molecular weight excluding hydrogens is 347 g/mol. The van der Waals surface area contributed by atoms with Gasteiger partial charge in [-0.3, -0.25) is 9.59 Å². The summed E-state index contributed by atoms with van der Waals surface area (Å²) in [4.78, 5) is 24.1. The van der Waals surface area contributed by atoms with Crippen LogP contribution in [0.25, 0.3) is 5.69 Å². The van der Waals surface area contributed by atoms with Gasteiger partial charge in [0.1, 0.15) is 5.82 Å². The first-order chi connectivity index (χ1) is 13.0. The SMILES string of the molecule is Cc1ccc(C(=O)NCCNC(=O)c2cnn(-c3ccccc3)c2)cc1F. The first-order valence-corrected chi connectivity index (χ1v) is 8.47. The number of carbonyl (C=O) groups is 2. The van der Waals surface area contributed by atoms with E-state index < -0.39 is 5.82 Å². The van der Waals surface area contributed by atoms with Crippen molar-refractivity contribution < 1.29 is 14.0 Å². The van der Waals surface area contributed by atoms with E-state index in [1.165, 1.54) is 12.3 Å². The average Bonchev–Trinajstić information content (AvgIpc) is 3.18. The molecule has 0 aliphatic heterocycles. The Bertz CT molecular complexity index is 954. The van der Waals surface area contributed by atoms with E-state index in [9.17, 15) is 14.0 Å². The second-order valence-electron chi connectivity index (χ2n) is 5.98. The van der Waals surface area contributed by atoms with Gasteiger partial charge in [0, 0.05) is 24.8 Å². The Morgan fingerprint density at radius 3 is 2.33 bits per heavy atom. The van der Waals surface area contributed by atoms with Crippen molar-refractivity contribution >= 4 is 11.8 Å². The van der Waals surface area contributed by atoms with E-state index in [4.69, 9.17) is 0 Å². The fraction of sp³-hybridized carbons (Fsp3) is 0.150. The van der Waals surface area contributed by atoms with Crippen LogP contribution < -0.4 is 10.6 Å². The monoisotopic (exact) mass is 366 g/mol. The summed E-state index contributed by atoms with van der Waals surface area (Å²) in [5.41, 5.74) is 2.00. The largest absolute Gasteiger partial charge is 0.350 e. The van der Waals surface area contributed by atoms with Gasteiger partial charge in [-0.05, 0) is 36.8 Å². The van der Waals surface area contributed by atoms with Crippen molar-refractivity contribution in [1.82, 2.24) is 20.4 Å². The Kier molecular flexibility index (Phi) is 5.61. The van der Waals surface area contributed by atoms with Gasteiger partial charge in [0.05, 0.1) is 17.4 Å². The molecule has 6 nitrogen and oxygen atoms in total. The van der Waals surface area contributed by atoms with Crippen molar-refractivity contribution in [1.29, 1.82) is 0 Å². The van der Waals surface area contributed by atoms with E-state index >= 15 is 0 Å². The molecule has 1 aromatic heterocycles. The zero-order valence-corrected chi connectivity index (χ0v) is 14.8. The number of aryl methyl sites for hydroxylation is 1. The Balaban J connectivity index is 1.48. The number of halogens is 1. The maximum absolute atomic E-state index is 13.5. The summed E-state index contributed by atoms with van der Waals surface area (Å²) in [5.74, 6) is -1.10. The molecule has 2 aromatic carbocycles. The molecule has 0 unspecified atom stereocenters. The van der Waals surface area contributed by atoms with Gasteiger partial charge in [0.25, 0.3) is 11.8 Å². The van der Waals surface area contributed by atoms with E-state index in [1.807, 2.05) is 30.3 Å². The zero-order valence-electron chi connectivity index (χ0n) is 14.8. The van der Waals surface area contributed by atoms with Crippen molar-refractivity contribution in [2.75, 3.05) is 13.1 Å². The molecule has 1 heterocycles. The molecule has 3 rings (SSSR count). The first-order valence-electron chi connectivity index (χ1n) is 8.47. The summed E-state index contributed by atoms with van der Waals surface area (Å²) >= 11 is 0. The van der Waals surface area contributed by atoms with Crippen molar-refractivity contribution in [3.05, 3.63) is 83.4 Å². The standard InChI is InChI=1S/C20H19FN4O2/c1-14-7-8-15(11-18(14)21)19(26)22-9-10-23-20(27)16-12-24-25(13-16)17-5-3-2-4-6-17/h2-8,11-13H,9-10H2,1H3,(H,22,26)(H,23,27). The van der Waals surface area contributed by atoms with Crippen LogP contribution in [0.1, 0.15) is 26.3 Å². The molecule has 0 radical (unpaired) electrons. The van der Waals surface area contributed by atoms with Crippen LogP contribution in [0.15, 0.2) is 60.9 Å². The molecular formula is C20H19FN4O2. The molecule has 3 aromatic rings. The Morgan fingerprint density at radius 1 is 1.00 bits per heavy atom. The molecule has 0 bridgehead atoms. The summed E-state index contributed by atoms with van der Waals surface area (Å²) < 4.78 is 15.1. The van der Waals surface area contributed by atoms with E-state index in [-0.39, 0.29) is 30.5 Å². The third-order valence-electron chi connectivity index (χ3n) is 4.00. The second-order valence-corrected chi connectivity index (χ2v) is 5.98. The van der Waals surface area contributed by atoms with Crippen molar-refractivity contribution in [2.45, 2.75) is 6.92 Å². The maximum atomic E-state index is 13.5. The maximum Gasteiger partial charge on any atom is 0.254 e. The number of aromatic nitrogens is 2. The van der Waals surface area contributed by atoms with Gasteiger partial charge in [0.2, 0.25) is 0 Å². The molecule has 0 saturated heterocycles. The molecule has 0 saturated carbocycles. The first kappa shape index (κ1) is 18.3. The molecule has 0 spiro atoms. The number of amides is 2. The van der Waals surface area contributed by atoms with E-state index in [2.05, 4.69) is 15.7 Å². The third kappa shape index (κ3) is 4.58. The minimum Gasteiger partial charge on any atom is -0.350 e. The highest BCUT2D eigenvalue weighted by Gasteiger charge is 2.10. The van der Waals surface area contributed by atoms with E-state index in [1.54, 1.807) is 29.9 Å². The van der Waals surface area contributed by atoms with Crippen molar-refractivity contribution in [3.63, 3.8) is 0 Å². The van der Waals surface area contributed by atoms with Crippen molar-refractivity contribution in [3.8, 4) is 5.69 Å². The Hall–Kier alpha value is -3.48. The van der Waals surface area contributed by atoms with Gasteiger partial charge < -0.3 is 10.6 Å². The minimum absolute atomic E-state index is 0.229. The fourth-order valence-corrected chi connectivity index (χ4v) is 2.45. The number of hydrogen-bond donors (Lipinski definition) is 2. The lowest BCUT2D eigenvalue weighted by molar-refractivity contribution is 0.0927. The van der Waals surface area contributed by atoms with E-state index in [0.29, 0.717) is 11.1 Å². The fourth-order valence-electron chi connectivity index (χ4n) is 2.45. The molecule has 7 heteroatoms. The number of benzene rings is 2. The van der Waals surface area contributed by atoms with Crippen molar-refractivity contribution in [2.24, 2.45) is 0 Å². The molecule has 0 aliphatic carbocycles. The molecule has 0 aliphatic rings. The molecule has 0 atom stereocenters. The van der Waals surface area contributed by atoms with Crippen LogP contribution >= 0.6 is 0 Å². The molecule has 2 N–H and O–H groups in total. The third-order valence-corrected chi connectivity index (χ3v) is 4.00. The predicted octanol–water partition coefficient (Wildman–Crippen LogP) is 2.48. The average molecular weight is 366 g/mol. The molecule has 27 heavy (non-hydrogen) atoms. The number of para-hydroxylation sites is 1. The molecule has 0 fully saturated rings. The van der Waals surface area contributed by atoms with Crippen LogP contribution in [0.2, 0.25) is 0 Å².